The highest BCUT2D eigenvalue weighted by Crippen LogP contribution is 2.35. The highest BCUT2D eigenvalue weighted by molar-refractivity contribution is 5.95. The van der Waals surface area contributed by atoms with Crippen molar-refractivity contribution in [3.05, 3.63) is 48.5 Å². The van der Waals surface area contributed by atoms with E-state index in [0.717, 1.165) is 36.8 Å². The van der Waals surface area contributed by atoms with Gasteiger partial charge in [-0.1, -0.05) is 24.3 Å². The predicted octanol–water partition coefficient (Wildman–Crippen LogP) is 3.20. The fourth-order valence-corrected chi connectivity index (χ4v) is 6.72. The Morgan fingerprint density at radius 1 is 0.580 bits per heavy atom. The van der Waals surface area contributed by atoms with Crippen LogP contribution in [0.1, 0.15) is 38.5 Å². The van der Waals surface area contributed by atoms with Gasteiger partial charge in [0.25, 0.3) is 0 Å². The minimum atomic E-state index is -0.632. The Balaban J connectivity index is 0.965. The average Bonchev–Trinajstić information content (AvgIpc) is 4.05. The molecule has 14 heteroatoms. The topological polar surface area (TPSA) is 175 Å². The number of hydrogen-bond acceptors (Lipinski definition) is 8. The maximum absolute atomic E-state index is 13.1. The second kappa shape index (κ2) is 15.2. The van der Waals surface area contributed by atoms with E-state index in [1.54, 1.807) is 9.80 Å². The molecule has 2 saturated heterocycles. The number of alkyl carbamates (subject to hydrolysis) is 2. The molecular formula is C36H44N6O8. The molecule has 14 nitrogen and oxygen atoms in total. The average molecular weight is 689 g/mol. The number of likely N-dealkylation sites (tertiary alicyclic amines) is 2. The van der Waals surface area contributed by atoms with Crippen molar-refractivity contribution in [2.24, 2.45) is 23.7 Å². The van der Waals surface area contributed by atoms with E-state index < -0.39 is 24.3 Å². The molecule has 50 heavy (non-hydrogen) atoms. The summed E-state index contributed by atoms with van der Waals surface area (Å²) >= 11 is 0. The van der Waals surface area contributed by atoms with Crippen molar-refractivity contribution in [1.29, 1.82) is 0 Å². The number of anilines is 2. The first-order valence-corrected chi connectivity index (χ1v) is 17.2. The van der Waals surface area contributed by atoms with Crippen LogP contribution < -0.4 is 21.3 Å². The minimum Gasteiger partial charge on any atom is -0.453 e. The van der Waals surface area contributed by atoms with Gasteiger partial charge in [0.05, 0.1) is 26.1 Å². The second-order valence-electron chi connectivity index (χ2n) is 13.6. The molecule has 4 fully saturated rings. The maximum atomic E-state index is 13.1. The van der Waals surface area contributed by atoms with Gasteiger partial charge in [0.2, 0.25) is 23.6 Å². The number of carbonyl (C=O) groups excluding carboxylic acids is 6. The van der Waals surface area contributed by atoms with Gasteiger partial charge in [0.1, 0.15) is 12.1 Å². The number of ether oxygens (including phenoxy) is 2. The number of hydrogen-bond donors (Lipinski definition) is 4. The van der Waals surface area contributed by atoms with E-state index in [1.807, 2.05) is 48.5 Å². The molecule has 4 aliphatic rings. The fraction of sp³-hybridized carbons (Fsp3) is 0.500. The van der Waals surface area contributed by atoms with Crippen molar-refractivity contribution in [2.45, 2.75) is 50.6 Å². The lowest BCUT2D eigenvalue weighted by molar-refractivity contribution is -0.134. The van der Waals surface area contributed by atoms with Crippen LogP contribution in [0.2, 0.25) is 0 Å². The van der Waals surface area contributed by atoms with Crippen LogP contribution in [0.25, 0.3) is 11.1 Å². The number of rotatable bonds is 11. The molecule has 4 N–H and O–H groups in total. The summed E-state index contributed by atoms with van der Waals surface area (Å²) in [6.07, 6.45) is 3.32. The first-order chi connectivity index (χ1) is 24.1. The monoisotopic (exact) mass is 688 g/mol. The summed E-state index contributed by atoms with van der Waals surface area (Å²) in [7, 11) is 2.53. The molecular weight excluding hydrogens is 644 g/mol. The molecule has 0 radical (unpaired) electrons. The van der Waals surface area contributed by atoms with E-state index >= 15 is 0 Å². The SMILES string of the molecule is COC(=O)NC(C(=O)N1CC[C@@H](C(=O)Nc2ccc(-c3ccc(NC(=O)[C@H]4CCN(C(=O)C(NC(=O)OC)C5CC5)C4)cc3)cc2)C1)C1CC1. The van der Waals surface area contributed by atoms with E-state index in [4.69, 9.17) is 0 Å². The van der Waals surface area contributed by atoms with Crippen LogP contribution in [0.15, 0.2) is 48.5 Å². The molecule has 0 bridgehead atoms. The van der Waals surface area contributed by atoms with E-state index in [1.165, 1.54) is 14.2 Å². The summed E-state index contributed by atoms with van der Waals surface area (Å²) in [4.78, 5) is 79.1. The summed E-state index contributed by atoms with van der Waals surface area (Å²) in [5.41, 5.74) is 3.14. The Labute approximate surface area is 290 Å². The molecule has 0 spiro atoms. The number of nitrogens with one attached hydrogen (secondary N) is 4. The number of carbonyl (C=O) groups is 6. The first kappa shape index (κ1) is 34.7. The van der Waals surface area contributed by atoms with Gasteiger partial charge >= 0.3 is 12.2 Å². The van der Waals surface area contributed by atoms with Crippen LogP contribution in [-0.2, 0) is 28.7 Å². The second-order valence-corrected chi connectivity index (χ2v) is 13.6. The number of methoxy groups -OCH3 is 2. The normalized spacial score (nSPS) is 21.1. The number of amides is 6. The van der Waals surface area contributed by atoms with Gasteiger partial charge in [0, 0.05) is 37.6 Å². The van der Waals surface area contributed by atoms with Crippen LogP contribution in [0.5, 0.6) is 0 Å². The molecule has 2 aromatic carbocycles. The summed E-state index contributed by atoms with van der Waals surface area (Å²) in [6.45, 7) is 1.50. The van der Waals surface area contributed by atoms with Crippen LogP contribution in [-0.4, -0.2) is 98.1 Å². The molecule has 6 rings (SSSR count). The van der Waals surface area contributed by atoms with Gasteiger partial charge in [-0.2, -0.15) is 0 Å². The summed E-state index contributed by atoms with van der Waals surface area (Å²) in [5.74, 6) is -1.16. The Hall–Kier alpha value is -5.14. The molecule has 0 aromatic heterocycles. The lowest BCUT2D eigenvalue weighted by atomic mass is 10.0. The molecule has 2 saturated carbocycles. The predicted molar refractivity (Wildman–Crippen MR) is 183 cm³/mol. The zero-order valence-corrected chi connectivity index (χ0v) is 28.3. The van der Waals surface area contributed by atoms with Crippen LogP contribution >= 0.6 is 0 Å². The lowest BCUT2D eigenvalue weighted by Crippen LogP contribution is -2.49. The summed E-state index contributed by atoms with van der Waals surface area (Å²) in [5, 5.41) is 11.2. The van der Waals surface area contributed by atoms with Crippen molar-refractivity contribution in [3.63, 3.8) is 0 Å². The first-order valence-electron chi connectivity index (χ1n) is 17.2. The lowest BCUT2D eigenvalue weighted by Gasteiger charge is -2.24. The maximum Gasteiger partial charge on any atom is 0.407 e. The molecule has 2 unspecified atom stereocenters. The molecule has 2 heterocycles. The Kier molecular flexibility index (Phi) is 10.5. The van der Waals surface area contributed by atoms with Crippen molar-refractivity contribution in [3.8, 4) is 11.1 Å². The highest BCUT2D eigenvalue weighted by atomic mass is 16.5. The minimum absolute atomic E-state index is 0.106. The molecule has 2 aliphatic carbocycles. The van der Waals surface area contributed by atoms with Gasteiger partial charge in [-0.15, -0.1) is 0 Å². The van der Waals surface area contributed by atoms with Gasteiger partial charge in [-0.25, -0.2) is 9.59 Å². The Morgan fingerprint density at radius 2 is 0.940 bits per heavy atom. The third kappa shape index (κ3) is 8.35. The summed E-state index contributed by atoms with van der Waals surface area (Å²) in [6, 6.07) is 13.7. The van der Waals surface area contributed by atoms with Crippen LogP contribution in [0.3, 0.4) is 0 Å². The molecule has 2 aromatic rings. The van der Waals surface area contributed by atoms with E-state index in [2.05, 4.69) is 30.7 Å². The number of nitrogens with zero attached hydrogens (tertiary/aromatic N) is 2. The van der Waals surface area contributed by atoms with Crippen molar-refractivity contribution in [2.75, 3.05) is 51.0 Å². The molecule has 266 valence electrons. The van der Waals surface area contributed by atoms with Crippen molar-refractivity contribution in [1.82, 2.24) is 20.4 Å². The zero-order valence-electron chi connectivity index (χ0n) is 28.3. The van der Waals surface area contributed by atoms with Crippen LogP contribution in [0, 0.1) is 23.7 Å². The van der Waals surface area contributed by atoms with Gasteiger partial charge in [-0.05, 0) is 85.8 Å². The third-order valence-electron chi connectivity index (χ3n) is 10.0. The molecule has 2 aliphatic heterocycles. The van der Waals surface area contributed by atoms with Crippen molar-refractivity contribution >= 4 is 47.2 Å². The van der Waals surface area contributed by atoms with Gasteiger partial charge < -0.3 is 40.5 Å². The Morgan fingerprint density at radius 3 is 1.26 bits per heavy atom. The Bertz CT molecular complexity index is 1490. The van der Waals surface area contributed by atoms with E-state index in [-0.39, 0.29) is 47.3 Å². The zero-order chi connectivity index (χ0) is 35.4. The van der Waals surface area contributed by atoms with E-state index in [0.29, 0.717) is 50.4 Å². The van der Waals surface area contributed by atoms with Gasteiger partial charge in [-0.3, -0.25) is 19.2 Å². The fourth-order valence-electron chi connectivity index (χ4n) is 6.72. The quantitative estimate of drug-likeness (QED) is 0.278. The smallest absolute Gasteiger partial charge is 0.407 e. The van der Waals surface area contributed by atoms with Crippen molar-refractivity contribution < 1.29 is 38.2 Å². The number of benzene rings is 2. The molecule has 6 amide bonds. The standard InChI is InChI=1S/C36H44N6O8/c1-49-35(47)39-29(23-3-4-23)33(45)41-17-15-25(19-41)31(43)37-27-11-7-21(8-12-27)22-9-13-28(14-10-22)38-32(44)26-16-18-42(20-26)34(46)30(24-5-6-24)40-36(48)50-2/h7-14,23-26,29-30H,3-6,15-20H2,1-2H3,(H,37,43)(H,38,44)(H,39,47)(H,40,48)/t25-,26+,29?,30?. The highest BCUT2D eigenvalue weighted by Gasteiger charge is 2.43. The van der Waals surface area contributed by atoms with Crippen LogP contribution in [0.4, 0.5) is 21.0 Å². The summed E-state index contributed by atoms with van der Waals surface area (Å²) < 4.78 is 9.36. The molecule has 4 atom stereocenters. The van der Waals surface area contributed by atoms with E-state index in [9.17, 15) is 28.8 Å². The third-order valence-corrected chi connectivity index (χ3v) is 10.0. The largest absolute Gasteiger partial charge is 0.453 e. The van der Waals surface area contributed by atoms with Gasteiger partial charge in [0.15, 0.2) is 0 Å².